The van der Waals surface area contributed by atoms with Gasteiger partial charge in [0.1, 0.15) is 0 Å². The zero-order valence-electron chi connectivity index (χ0n) is 12.9. The van der Waals surface area contributed by atoms with E-state index in [4.69, 9.17) is 11.6 Å². The number of benzene rings is 1. The van der Waals surface area contributed by atoms with Gasteiger partial charge in [0, 0.05) is 30.7 Å². The molecule has 0 amide bonds. The van der Waals surface area contributed by atoms with Crippen molar-refractivity contribution in [1.82, 2.24) is 10.2 Å². The number of rotatable bonds is 5. The summed E-state index contributed by atoms with van der Waals surface area (Å²) in [6, 6.07) is 9.01. The molecule has 1 heterocycles. The van der Waals surface area contributed by atoms with Crippen LogP contribution in [-0.4, -0.2) is 30.6 Å². The van der Waals surface area contributed by atoms with E-state index in [9.17, 15) is 0 Å². The maximum absolute atomic E-state index is 6.38. The molecule has 1 aromatic rings. The van der Waals surface area contributed by atoms with Crippen LogP contribution in [0.4, 0.5) is 0 Å². The number of halogens is 1. The predicted molar refractivity (Wildman–Crippen MR) is 89.7 cm³/mol. The first-order valence-electron chi connectivity index (χ1n) is 8.51. The van der Waals surface area contributed by atoms with Crippen molar-refractivity contribution in [3.8, 4) is 0 Å². The Morgan fingerprint density at radius 2 is 1.90 bits per heavy atom. The van der Waals surface area contributed by atoms with E-state index in [0.717, 1.165) is 30.6 Å². The van der Waals surface area contributed by atoms with Gasteiger partial charge in [-0.05, 0) is 43.4 Å². The van der Waals surface area contributed by atoms with Crippen molar-refractivity contribution in [3.63, 3.8) is 0 Å². The monoisotopic (exact) mass is 306 g/mol. The van der Waals surface area contributed by atoms with Crippen LogP contribution in [0.1, 0.15) is 44.1 Å². The highest BCUT2D eigenvalue weighted by atomic mass is 35.5. The average Bonchev–Trinajstić information content (AvgIpc) is 3.04. The molecule has 0 spiro atoms. The second-order valence-corrected chi connectivity index (χ2v) is 7.08. The van der Waals surface area contributed by atoms with E-state index < -0.39 is 0 Å². The lowest BCUT2D eigenvalue weighted by molar-refractivity contribution is 0.149. The summed E-state index contributed by atoms with van der Waals surface area (Å²) in [5.74, 6) is 0.891. The van der Waals surface area contributed by atoms with Crippen molar-refractivity contribution in [2.75, 3.05) is 19.6 Å². The van der Waals surface area contributed by atoms with Gasteiger partial charge in [0.2, 0.25) is 0 Å². The quantitative estimate of drug-likeness (QED) is 0.881. The summed E-state index contributed by atoms with van der Waals surface area (Å²) in [6.45, 7) is 4.55. The maximum Gasteiger partial charge on any atom is 0.0451 e. The van der Waals surface area contributed by atoms with Gasteiger partial charge >= 0.3 is 0 Å². The number of nitrogens with zero attached hydrogens (tertiary/aromatic N) is 1. The van der Waals surface area contributed by atoms with E-state index in [2.05, 4.69) is 22.3 Å². The molecule has 1 saturated carbocycles. The molecule has 116 valence electrons. The van der Waals surface area contributed by atoms with E-state index in [0.29, 0.717) is 6.04 Å². The molecule has 2 fully saturated rings. The fourth-order valence-electron chi connectivity index (χ4n) is 3.84. The number of hydrogen-bond donors (Lipinski definition) is 1. The Labute approximate surface area is 133 Å². The first-order chi connectivity index (χ1) is 10.3. The standard InChI is InChI=1S/C18H27ClN2/c19-18-9-5-4-8-16(18)14-21(17-10-11-20-12-17)13-15-6-2-1-3-7-15/h4-5,8-9,15,17,20H,1-3,6-7,10-14H2/t17-/m0/s1. The van der Waals surface area contributed by atoms with E-state index in [1.54, 1.807) is 0 Å². The fourth-order valence-corrected chi connectivity index (χ4v) is 4.04. The van der Waals surface area contributed by atoms with Crippen LogP contribution >= 0.6 is 11.6 Å². The summed E-state index contributed by atoms with van der Waals surface area (Å²) in [5.41, 5.74) is 1.28. The molecule has 1 saturated heterocycles. The molecule has 1 aliphatic heterocycles. The van der Waals surface area contributed by atoms with Gasteiger partial charge in [-0.1, -0.05) is 49.1 Å². The lowest BCUT2D eigenvalue weighted by Crippen LogP contribution is -2.40. The molecule has 0 radical (unpaired) electrons. The fraction of sp³-hybridized carbons (Fsp3) is 0.667. The molecule has 0 aromatic heterocycles. The van der Waals surface area contributed by atoms with Crippen LogP contribution in [-0.2, 0) is 6.54 Å². The Bertz CT molecular complexity index is 437. The molecule has 3 rings (SSSR count). The molecule has 1 aliphatic carbocycles. The maximum atomic E-state index is 6.38. The molecule has 1 aromatic carbocycles. The predicted octanol–water partition coefficient (Wildman–Crippen LogP) is 4.08. The Hall–Kier alpha value is -0.570. The van der Waals surface area contributed by atoms with Crippen LogP contribution in [0.3, 0.4) is 0 Å². The molecule has 1 N–H and O–H groups in total. The highest BCUT2D eigenvalue weighted by Crippen LogP contribution is 2.27. The molecule has 0 unspecified atom stereocenters. The van der Waals surface area contributed by atoms with Gasteiger partial charge in [-0.25, -0.2) is 0 Å². The minimum atomic E-state index is 0.684. The van der Waals surface area contributed by atoms with Crippen molar-refractivity contribution in [2.45, 2.75) is 51.1 Å². The highest BCUT2D eigenvalue weighted by molar-refractivity contribution is 6.31. The van der Waals surface area contributed by atoms with Gasteiger partial charge < -0.3 is 5.32 Å². The van der Waals surface area contributed by atoms with Crippen molar-refractivity contribution in [2.24, 2.45) is 5.92 Å². The summed E-state index contributed by atoms with van der Waals surface area (Å²) in [7, 11) is 0. The Morgan fingerprint density at radius 3 is 2.62 bits per heavy atom. The molecule has 0 bridgehead atoms. The summed E-state index contributed by atoms with van der Waals surface area (Å²) in [4.78, 5) is 2.69. The van der Waals surface area contributed by atoms with Crippen molar-refractivity contribution in [3.05, 3.63) is 34.9 Å². The first-order valence-corrected chi connectivity index (χ1v) is 8.89. The lowest BCUT2D eigenvalue weighted by Gasteiger charge is -2.34. The van der Waals surface area contributed by atoms with Gasteiger partial charge in [-0.3, -0.25) is 4.90 Å². The second kappa shape index (κ2) is 7.62. The third kappa shape index (κ3) is 4.21. The van der Waals surface area contributed by atoms with Crippen LogP contribution in [0.25, 0.3) is 0 Å². The smallest absolute Gasteiger partial charge is 0.0451 e. The van der Waals surface area contributed by atoms with E-state index in [1.807, 2.05) is 12.1 Å². The molecular weight excluding hydrogens is 280 g/mol. The van der Waals surface area contributed by atoms with Gasteiger partial charge in [0.15, 0.2) is 0 Å². The first kappa shape index (κ1) is 15.3. The molecule has 2 aliphatic rings. The minimum Gasteiger partial charge on any atom is -0.315 e. The molecular formula is C18H27ClN2. The van der Waals surface area contributed by atoms with E-state index in [1.165, 1.54) is 50.6 Å². The van der Waals surface area contributed by atoms with Crippen LogP contribution in [0, 0.1) is 5.92 Å². The SMILES string of the molecule is Clc1ccccc1CN(CC1CCCCC1)[C@H]1CCNC1. The van der Waals surface area contributed by atoms with Crippen LogP contribution < -0.4 is 5.32 Å². The average molecular weight is 307 g/mol. The van der Waals surface area contributed by atoms with Crippen LogP contribution in [0.2, 0.25) is 5.02 Å². The zero-order chi connectivity index (χ0) is 14.5. The Kier molecular flexibility index (Phi) is 5.56. The normalized spacial score (nSPS) is 23.8. The minimum absolute atomic E-state index is 0.684. The second-order valence-electron chi connectivity index (χ2n) is 6.67. The highest BCUT2D eigenvalue weighted by Gasteiger charge is 2.26. The van der Waals surface area contributed by atoms with Crippen molar-refractivity contribution < 1.29 is 0 Å². The van der Waals surface area contributed by atoms with Crippen LogP contribution in [0.5, 0.6) is 0 Å². The summed E-state index contributed by atoms with van der Waals surface area (Å²) in [6.07, 6.45) is 8.39. The van der Waals surface area contributed by atoms with Gasteiger partial charge in [-0.15, -0.1) is 0 Å². The molecule has 1 atom stereocenters. The lowest BCUT2D eigenvalue weighted by atomic mass is 9.88. The van der Waals surface area contributed by atoms with Crippen molar-refractivity contribution in [1.29, 1.82) is 0 Å². The van der Waals surface area contributed by atoms with E-state index in [-0.39, 0.29) is 0 Å². The van der Waals surface area contributed by atoms with Gasteiger partial charge in [0.05, 0.1) is 0 Å². The topological polar surface area (TPSA) is 15.3 Å². The number of nitrogens with one attached hydrogen (secondary N) is 1. The summed E-state index contributed by atoms with van der Waals surface area (Å²) in [5, 5.41) is 4.43. The third-order valence-electron chi connectivity index (χ3n) is 5.10. The Morgan fingerprint density at radius 1 is 1.10 bits per heavy atom. The zero-order valence-corrected chi connectivity index (χ0v) is 13.6. The summed E-state index contributed by atoms with van der Waals surface area (Å²) < 4.78 is 0. The van der Waals surface area contributed by atoms with Crippen molar-refractivity contribution >= 4 is 11.6 Å². The molecule has 21 heavy (non-hydrogen) atoms. The largest absolute Gasteiger partial charge is 0.315 e. The van der Waals surface area contributed by atoms with Crippen LogP contribution in [0.15, 0.2) is 24.3 Å². The van der Waals surface area contributed by atoms with Gasteiger partial charge in [-0.2, -0.15) is 0 Å². The third-order valence-corrected chi connectivity index (χ3v) is 5.47. The molecule has 2 nitrogen and oxygen atoms in total. The summed E-state index contributed by atoms with van der Waals surface area (Å²) >= 11 is 6.38. The van der Waals surface area contributed by atoms with E-state index >= 15 is 0 Å². The molecule has 3 heteroatoms. The van der Waals surface area contributed by atoms with Gasteiger partial charge in [0.25, 0.3) is 0 Å². The number of hydrogen-bond acceptors (Lipinski definition) is 2. The Balaban J connectivity index is 1.67.